The number of fused-ring (bicyclic) bond motifs is 1. The monoisotopic (exact) mass is 527 g/mol. The molecule has 39 heavy (non-hydrogen) atoms. The Morgan fingerprint density at radius 3 is 2.92 bits per heavy atom. The average Bonchev–Trinajstić information content (AvgIpc) is 3.75. The summed E-state index contributed by atoms with van der Waals surface area (Å²) >= 11 is 0. The van der Waals surface area contributed by atoms with Gasteiger partial charge in [-0.3, -0.25) is 14.7 Å². The number of methoxy groups -OCH3 is 1. The van der Waals surface area contributed by atoms with Crippen LogP contribution >= 0.6 is 0 Å². The van der Waals surface area contributed by atoms with Crippen LogP contribution in [0.1, 0.15) is 41.6 Å². The highest BCUT2D eigenvalue weighted by Gasteiger charge is 2.32. The van der Waals surface area contributed by atoms with Crippen LogP contribution in [0.5, 0.6) is 5.75 Å². The Morgan fingerprint density at radius 1 is 1.21 bits per heavy atom. The summed E-state index contributed by atoms with van der Waals surface area (Å²) in [5, 5.41) is 13.6. The zero-order valence-electron chi connectivity index (χ0n) is 21.6. The molecule has 0 spiro atoms. The lowest BCUT2D eigenvalue weighted by Crippen LogP contribution is -2.35. The van der Waals surface area contributed by atoms with E-state index in [1.54, 1.807) is 24.3 Å². The van der Waals surface area contributed by atoms with Crippen molar-refractivity contribution in [2.75, 3.05) is 13.7 Å². The van der Waals surface area contributed by atoms with Crippen molar-refractivity contribution in [2.24, 2.45) is 0 Å². The minimum absolute atomic E-state index is 0.0175. The molecule has 5 heterocycles. The predicted molar refractivity (Wildman–Crippen MR) is 142 cm³/mol. The number of pyridine rings is 2. The average molecular weight is 528 g/mol. The minimum Gasteiger partial charge on any atom is -0.497 e. The number of aromatic amines is 1. The Labute approximate surface area is 224 Å². The molecule has 0 radical (unpaired) electrons. The number of benzene rings is 1. The van der Waals surface area contributed by atoms with Gasteiger partial charge in [-0.1, -0.05) is 6.07 Å². The van der Waals surface area contributed by atoms with Gasteiger partial charge in [0.1, 0.15) is 17.6 Å². The molecule has 11 nitrogen and oxygen atoms in total. The van der Waals surface area contributed by atoms with Gasteiger partial charge in [0.2, 0.25) is 0 Å². The SMILES string of the molecule is COc1ccc2[nH]c(=O)c([C@H](c3nnnn3C[C@@H]3CCCO3)N(Cc3cccnc3)Cc3ccco3)cc2c1. The number of nitrogens with one attached hydrogen (secondary N) is 1. The summed E-state index contributed by atoms with van der Waals surface area (Å²) in [4.78, 5) is 23.2. The summed E-state index contributed by atoms with van der Waals surface area (Å²) in [5.74, 6) is 2.00. The predicted octanol–water partition coefficient (Wildman–Crippen LogP) is 3.48. The minimum atomic E-state index is -0.605. The first-order chi connectivity index (χ1) is 19.2. The highest BCUT2D eigenvalue weighted by molar-refractivity contribution is 5.80. The van der Waals surface area contributed by atoms with Crippen molar-refractivity contribution >= 4 is 10.9 Å². The topological polar surface area (TPSA) is 124 Å². The molecule has 1 aliphatic heterocycles. The Bertz CT molecular complexity index is 1580. The number of aromatic nitrogens is 6. The molecule has 6 rings (SSSR count). The van der Waals surface area contributed by atoms with Crippen LogP contribution in [0, 0.1) is 0 Å². The second-order valence-corrected chi connectivity index (χ2v) is 9.61. The number of hydrogen-bond donors (Lipinski definition) is 1. The molecule has 1 fully saturated rings. The summed E-state index contributed by atoms with van der Waals surface area (Å²) < 4.78 is 18.8. The third-order valence-corrected chi connectivity index (χ3v) is 6.99. The van der Waals surface area contributed by atoms with Crippen molar-refractivity contribution < 1.29 is 13.9 Å². The number of furan rings is 1. The lowest BCUT2D eigenvalue weighted by atomic mass is 10.0. The van der Waals surface area contributed by atoms with Gasteiger partial charge < -0.3 is 18.9 Å². The molecule has 200 valence electrons. The maximum absolute atomic E-state index is 13.7. The van der Waals surface area contributed by atoms with Crippen LogP contribution in [0.15, 0.2) is 76.4 Å². The number of H-pyrrole nitrogens is 1. The van der Waals surface area contributed by atoms with E-state index in [9.17, 15) is 4.79 Å². The quantitative estimate of drug-likeness (QED) is 0.291. The maximum Gasteiger partial charge on any atom is 0.253 e. The van der Waals surface area contributed by atoms with E-state index in [0.29, 0.717) is 42.3 Å². The van der Waals surface area contributed by atoms with Gasteiger partial charge >= 0.3 is 0 Å². The van der Waals surface area contributed by atoms with E-state index in [-0.39, 0.29) is 11.7 Å². The molecule has 2 atom stereocenters. The van der Waals surface area contributed by atoms with Crippen molar-refractivity contribution in [1.29, 1.82) is 0 Å². The van der Waals surface area contributed by atoms with Gasteiger partial charge in [-0.2, -0.15) is 0 Å². The van der Waals surface area contributed by atoms with Crippen molar-refractivity contribution in [3.63, 3.8) is 0 Å². The fourth-order valence-electron chi connectivity index (χ4n) is 5.12. The highest BCUT2D eigenvalue weighted by atomic mass is 16.5. The van der Waals surface area contributed by atoms with E-state index in [1.165, 1.54) is 0 Å². The van der Waals surface area contributed by atoms with Crippen LogP contribution in [0.2, 0.25) is 0 Å². The first kappa shape index (κ1) is 25.0. The van der Waals surface area contributed by atoms with Crippen molar-refractivity contribution in [3.8, 4) is 5.75 Å². The van der Waals surface area contributed by atoms with Crippen LogP contribution in [0.3, 0.4) is 0 Å². The van der Waals surface area contributed by atoms with Crippen LogP contribution < -0.4 is 10.3 Å². The molecule has 0 bridgehead atoms. The van der Waals surface area contributed by atoms with Crippen molar-refractivity contribution in [1.82, 2.24) is 35.1 Å². The number of tetrazole rings is 1. The lowest BCUT2D eigenvalue weighted by molar-refractivity contribution is 0.0901. The van der Waals surface area contributed by atoms with Gasteiger partial charge in [0.05, 0.1) is 32.6 Å². The molecule has 1 aromatic carbocycles. The zero-order chi connectivity index (χ0) is 26.6. The fourth-order valence-corrected chi connectivity index (χ4v) is 5.12. The molecule has 1 N–H and O–H groups in total. The molecule has 0 unspecified atom stereocenters. The zero-order valence-corrected chi connectivity index (χ0v) is 21.6. The second kappa shape index (κ2) is 11.2. The highest BCUT2D eigenvalue weighted by Crippen LogP contribution is 2.31. The van der Waals surface area contributed by atoms with E-state index in [0.717, 1.165) is 36.2 Å². The third-order valence-electron chi connectivity index (χ3n) is 6.99. The van der Waals surface area contributed by atoms with E-state index in [1.807, 2.05) is 54.7 Å². The maximum atomic E-state index is 13.7. The van der Waals surface area contributed by atoms with E-state index in [2.05, 4.69) is 30.4 Å². The van der Waals surface area contributed by atoms with Gasteiger partial charge in [0.25, 0.3) is 5.56 Å². The van der Waals surface area contributed by atoms with Crippen LogP contribution in [0.25, 0.3) is 10.9 Å². The summed E-state index contributed by atoms with van der Waals surface area (Å²) in [6.45, 7) is 2.11. The number of hydrogen-bond acceptors (Lipinski definition) is 9. The number of nitrogens with zero attached hydrogens (tertiary/aromatic N) is 6. The summed E-state index contributed by atoms with van der Waals surface area (Å²) in [6, 6.07) is 14.5. The summed E-state index contributed by atoms with van der Waals surface area (Å²) in [7, 11) is 1.62. The van der Waals surface area contributed by atoms with Crippen molar-refractivity contribution in [3.05, 3.63) is 100 Å². The largest absolute Gasteiger partial charge is 0.497 e. The van der Waals surface area contributed by atoms with Crippen LogP contribution in [-0.2, 0) is 24.4 Å². The van der Waals surface area contributed by atoms with Gasteiger partial charge in [-0.05, 0) is 71.3 Å². The lowest BCUT2D eigenvalue weighted by Gasteiger charge is -2.30. The normalized spacial score (nSPS) is 16.2. The molecule has 0 amide bonds. The molecule has 0 aliphatic carbocycles. The fraction of sp³-hybridized carbons (Fsp3) is 0.321. The summed E-state index contributed by atoms with van der Waals surface area (Å²) in [6.07, 6.45) is 7.15. The second-order valence-electron chi connectivity index (χ2n) is 9.61. The molecule has 1 aliphatic rings. The number of rotatable bonds is 10. The molecule has 0 saturated carbocycles. The molecule has 5 aromatic rings. The molecule has 1 saturated heterocycles. The molecular weight excluding hydrogens is 498 g/mol. The molecular formula is C28H29N7O4. The Balaban J connectivity index is 1.50. The Hall–Kier alpha value is -4.35. The first-order valence-electron chi connectivity index (χ1n) is 12.9. The van der Waals surface area contributed by atoms with E-state index < -0.39 is 6.04 Å². The smallest absolute Gasteiger partial charge is 0.253 e. The first-order valence-corrected chi connectivity index (χ1v) is 12.9. The third kappa shape index (κ3) is 5.45. The molecule has 11 heteroatoms. The van der Waals surface area contributed by atoms with E-state index >= 15 is 0 Å². The van der Waals surface area contributed by atoms with Gasteiger partial charge in [0.15, 0.2) is 5.82 Å². The van der Waals surface area contributed by atoms with Gasteiger partial charge in [-0.25, -0.2) is 4.68 Å². The Morgan fingerprint density at radius 2 is 2.15 bits per heavy atom. The van der Waals surface area contributed by atoms with Gasteiger partial charge in [0, 0.05) is 42.0 Å². The van der Waals surface area contributed by atoms with Crippen LogP contribution in [-0.4, -0.2) is 54.9 Å². The van der Waals surface area contributed by atoms with Crippen LogP contribution in [0.4, 0.5) is 0 Å². The van der Waals surface area contributed by atoms with E-state index in [4.69, 9.17) is 13.9 Å². The number of ether oxygens (including phenoxy) is 2. The standard InChI is InChI=1S/C28H29N7O4/c1-37-21-8-9-25-20(13-21)14-24(28(36)30-25)26(27-31-32-33-35(27)18-23-7-4-12-39-23)34(17-22-6-3-11-38-22)16-19-5-2-10-29-15-19/h2-3,5-6,8-11,13-15,23,26H,4,7,12,16-18H2,1H3,(H,30,36)/t23-,26+/m0/s1. The van der Waals surface area contributed by atoms with Crippen molar-refractivity contribution in [2.45, 2.75) is 44.6 Å². The van der Waals surface area contributed by atoms with Gasteiger partial charge in [-0.15, -0.1) is 5.10 Å². The summed E-state index contributed by atoms with van der Waals surface area (Å²) in [5.41, 5.74) is 1.98. The molecule has 4 aromatic heterocycles. The Kier molecular flexibility index (Phi) is 7.15.